The molecule has 0 saturated carbocycles. The summed E-state index contributed by atoms with van der Waals surface area (Å²) >= 11 is 0. The Kier molecular flexibility index (Phi) is 4.11. The third-order valence-electron chi connectivity index (χ3n) is 3.98. The molecule has 7 heteroatoms. The fourth-order valence-electron chi connectivity index (χ4n) is 2.62. The Morgan fingerprint density at radius 1 is 1.09 bits per heavy atom. The van der Waals surface area contributed by atoms with E-state index < -0.39 is 36.3 Å². The zero-order valence-electron chi connectivity index (χ0n) is 12.7. The molecule has 1 aromatic heterocycles. The number of aryl methyl sites for hydroxylation is 1. The SMILES string of the molecule is Cc1cc(=O)oc2cc(O[C@@H]3O[C@H](C)[C@H](O)[C@@H](O)[C@@H]3O)ccc12. The second-order valence-corrected chi connectivity index (χ2v) is 5.71. The van der Waals surface area contributed by atoms with Crippen LogP contribution in [0.2, 0.25) is 0 Å². The van der Waals surface area contributed by atoms with Gasteiger partial charge in [0.15, 0.2) is 0 Å². The molecule has 0 spiro atoms. The molecule has 0 unspecified atom stereocenters. The molecule has 23 heavy (non-hydrogen) atoms. The van der Waals surface area contributed by atoms with Crippen LogP contribution in [0.25, 0.3) is 11.0 Å². The van der Waals surface area contributed by atoms with Crippen molar-refractivity contribution in [1.29, 1.82) is 0 Å². The average molecular weight is 322 g/mol. The molecular weight excluding hydrogens is 304 g/mol. The van der Waals surface area contributed by atoms with Gasteiger partial charge in [-0.3, -0.25) is 0 Å². The van der Waals surface area contributed by atoms with Gasteiger partial charge in [-0.2, -0.15) is 0 Å². The van der Waals surface area contributed by atoms with Crippen molar-refractivity contribution in [3.63, 3.8) is 0 Å². The molecule has 124 valence electrons. The van der Waals surface area contributed by atoms with Gasteiger partial charge in [-0.1, -0.05) is 0 Å². The van der Waals surface area contributed by atoms with E-state index >= 15 is 0 Å². The quantitative estimate of drug-likeness (QED) is 0.683. The van der Waals surface area contributed by atoms with Crippen molar-refractivity contribution in [2.75, 3.05) is 0 Å². The second kappa shape index (κ2) is 5.93. The summed E-state index contributed by atoms with van der Waals surface area (Å²) < 4.78 is 16.0. The van der Waals surface area contributed by atoms with Crippen LogP contribution >= 0.6 is 0 Å². The maximum absolute atomic E-state index is 11.4. The summed E-state index contributed by atoms with van der Waals surface area (Å²) in [7, 11) is 0. The number of ether oxygens (including phenoxy) is 2. The van der Waals surface area contributed by atoms with E-state index in [2.05, 4.69) is 0 Å². The van der Waals surface area contributed by atoms with Gasteiger partial charge in [0.05, 0.1) is 6.10 Å². The van der Waals surface area contributed by atoms with E-state index in [1.807, 2.05) is 0 Å². The number of aliphatic hydroxyl groups is 3. The summed E-state index contributed by atoms with van der Waals surface area (Å²) in [6.45, 7) is 3.37. The molecule has 0 aliphatic carbocycles. The zero-order valence-corrected chi connectivity index (χ0v) is 12.7. The van der Waals surface area contributed by atoms with Crippen molar-refractivity contribution in [3.8, 4) is 5.75 Å². The summed E-state index contributed by atoms with van der Waals surface area (Å²) in [5, 5.41) is 30.2. The molecule has 7 nitrogen and oxygen atoms in total. The first-order valence-electron chi connectivity index (χ1n) is 7.27. The maximum Gasteiger partial charge on any atom is 0.336 e. The van der Waals surface area contributed by atoms with Crippen molar-refractivity contribution in [3.05, 3.63) is 40.2 Å². The fraction of sp³-hybridized carbons (Fsp3) is 0.438. The molecule has 1 aliphatic heterocycles. The molecule has 1 aliphatic rings. The second-order valence-electron chi connectivity index (χ2n) is 5.71. The highest BCUT2D eigenvalue weighted by atomic mass is 16.7. The Hall–Kier alpha value is -1.93. The van der Waals surface area contributed by atoms with Gasteiger partial charge in [0.2, 0.25) is 6.29 Å². The van der Waals surface area contributed by atoms with Gasteiger partial charge in [-0.05, 0) is 31.5 Å². The molecule has 0 bridgehead atoms. The van der Waals surface area contributed by atoms with Crippen LogP contribution in [-0.2, 0) is 4.74 Å². The minimum absolute atomic E-state index is 0.311. The molecule has 0 radical (unpaired) electrons. The van der Waals surface area contributed by atoms with Gasteiger partial charge in [-0.25, -0.2) is 4.79 Å². The van der Waals surface area contributed by atoms with E-state index in [0.717, 1.165) is 10.9 Å². The minimum atomic E-state index is -1.40. The number of rotatable bonds is 2. The average Bonchev–Trinajstić information content (AvgIpc) is 2.50. The predicted octanol–water partition coefficient (Wildman–Crippen LogP) is 0.308. The van der Waals surface area contributed by atoms with Crippen LogP contribution in [0.15, 0.2) is 33.5 Å². The number of aliphatic hydroxyl groups excluding tert-OH is 3. The lowest BCUT2D eigenvalue weighted by Crippen LogP contribution is -2.58. The van der Waals surface area contributed by atoms with E-state index in [1.165, 1.54) is 12.1 Å². The summed E-state index contributed by atoms with van der Waals surface area (Å²) in [5.41, 5.74) is 0.670. The van der Waals surface area contributed by atoms with Crippen molar-refractivity contribution < 1.29 is 29.2 Å². The number of fused-ring (bicyclic) bond motifs is 1. The van der Waals surface area contributed by atoms with Crippen LogP contribution in [-0.4, -0.2) is 46.0 Å². The van der Waals surface area contributed by atoms with Gasteiger partial charge >= 0.3 is 5.63 Å². The predicted molar refractivity (Wildman–Crippen MR) is 80.2 cm³/mol. The third kappa shape index (κ3) is 2.96. The Morgan fingerprint density at radius 3 is 2.57 bits per heavy atom. The topological polar surface area (TPSA) is 109 Å². The van der Waals surface area contributed by atoms with Crippen LogP contribution in [0.4, 0.5) is 0 Å². The van der Waals surface area contributed by atoms with Gasteiger partial charge < -0.3 is 29.2 Å². The molecule has 3 N–H and O–H groups in total. The van der Waals surface area contributed by atoms with E-state index in [9.17, 15) is 20.1 Å². The summed E-state index contributed by atoms with van der Waals surface area (Å²) in [4.78, 5) is 11.4. The fourth-order valence-corrected chi connectivity index (χ4v) is 2.62. The van der Waals surface area contributed by atoms with Gasteiger partial charge in [0.25, 0.3) is 0 Å². The third-order valence-corrected chi connectivity index (χ3v) is 3.98. The van der Waals surface area contributed by atoms with Crippen LogP contribution < -0.4 is 10.4 Å². The highest BCUT2D eigenvalue weighted by Gasteiger charge is 2.43. The summed E-state index contributed by atoms with van der Waals surface area (Å²) in [6, 6.07) is 6.29. The molecule has 2 aromatic rings. The lowest BCUT2D eigenvalue weighted by molar-refractivity contribution is -0.268. The number of hydrogen-bond donors (Lipinski definition) is 3. The first-order chi connectivity index (χ1) is 10.9. The number of hydrogen-bond acceptors (Lipinski definition) is 7. The first-order valence-corrected chi connectivity index (χ1v) is 7.27. The molecule has 3 rings (SSSR count). The van der Waals surface area contributed by atoms with Crippen molar-refractivity contribution in [1.82, 2.24) is 0 Å². The van der Waals surface area contributed by atoms with Crippen molar-refractivity contribution >= 4 is 11.0 Å². The molecule has 0 amide bonds. The van der Waals surface area contributed by atoms with E-state index in [0.29, 0.717) is 11.3 Å². The normalized spacial score (nSPS) is 31.3. The highest BCUT2D eigenvalue weighted by Crippen LogP contribution is 2.27. The number of benzene rings is 1. The van der Waals surface area contributed by atoms with E-state index in [-0.39, 0.29) is 0 Å². The molecular formula is C16H18O7. The highest BCUT2D eigenvalue weighted by molar-refractivity contribution is 5.81. The Labute approximate surface area is 131 Å². The van der Waals surface area contributed by atoms with E-state index in [1.54, 1.807) is 26.0 Å². The lowest BCUT2D eigenvalue weighted by Gasteiger charge is -2.38. The lowest BCUT2D eigenvalue weighted by atomic mass is 10.00. The maximum atomic E-state index is 11.4. The molecule has 1 aromatic carbocycles. The Bertz CT molecular complexity index is 769. The molecule has 1 saturated heterocycles. The summed E-state index contributed by atoms with van der Waals surface area (Å²) in [5.74, 6) is 0.311. The first kappa shape index (κ1) is 15.9. The van der Waals surface area contributed by atoms with E-state index in [4.69, 9.17) is 13.9 Å². The van der Waals surface area contributed by atoms with Crippen LogP contribution in [0, 0.1) is 6.92 Å². The Morgan fingerprint density at radius 2 is 1.83 bits per heavy atom. The van der Waals surface area contributed by atoms with Crippen molar-refractivity contribution in [2.45, 2.75) is 44.6 Å². The van der Waals surface area contributed by atoms with Gasteiger partial charge in [0.1, 0.15) is 29.6 Å². The standard InChI is InChI=1S/C16H18O7/c1-7-5-12(17)23-11-6-9(3-4-10(7)11)22-16-15(20)14(19)13(18)8(2)21-16/h3-6,8,13-16,18-20H,1-2H3/t8-,13+,14-,15+,16+/m1/s1. The smallest absolute Gasteiger partial charge is 0.336 e. The molecule has 1 fully saturated rings. The van der Waals surface area contributed by atoms with Crippen LogP contribution in [0.1, 0.15) is 12.5 Å². The largest absolute Gasteiger partial charge is 0.462 e. The minimum Gasteiger partial charge on any atom is -0.462 e. The van der Waals surface area contributed by atoms with Crippen molar-refractivity contribution in [2.24, 2.45) is 0 Å². The van der Waals surface area contributed by atoms with Crippen LogP contribution in [0.5, 0.6) is 5.75 Å². The molecule has 2 heterocycles. The monoisotopic (exact) mass is 322 g/mol. The van der Waals surface area contributed by atoms with Crippen LogP contribution in [0.3, 0.4) is 0 Å². The Balaban J connectivity index is 1.88. The van der Waals surface area contributed by atoms with Gasteiger partial charge in [0, 0.05) is 17.5 Å². The zero-order chi connectivity index (χ0) is 16.7. The van der Waals surface area contributed by atoms with Gasteiger partial charge in [-0.15, -0.1) is 0 Å². The molecule has 5 atom stereocenters. The summed E-state index contributed by atoms with van der Waals surface area (Å²) in [6.07, 6.45) is -5.80.